The number of nitrogens with one attached hydrogen (secondary N) is 3. The third kappa shape index (κ3) is 5.54. The van der Waals surface area contributed by atoms with Gasteiger partial charge in [-0.3, -0.25) is 19.2 Å². The average Bonchev–Trinajstić information content (AvgIpc) is 3.63. The summed E-state index contributed by atoms with van der Waals surface area (Å²) < 4.78 is 1.69. The minimum absolute atomic E-state index is 0.00883. The summed E-state index contributed by atoms with van der Waals surface area (Å²) in [5.41, 5.74) is 0.323. The van der Waals surface area contributed by atoms with Crippen molar-refractivity contribution in [1.82, 2.24) is 30.3 Å². The molecule has 5 rings (SSSR count). The Bertz CT molecular complexity index is 1390. The summed E-state index contributed by atoms with van der Waals surface area (Å²) >= 11 is 1.44. The van der Waals surface area contributed by atoms with Crippen molar-refractivity contribution in [3.05, 3.63) is 38.8 Å². The Labute approximate surface area is 247 Å². The van der Waals surface area contributed by atoms with Crippen LogP contribution in [-0.2, 0) is 32.8 Å². The summed E-state index contributed by atoms with van der Waals surface area (Å²) in [6.45, 7) is 7.21. The molecule has 0 aliphatic carbocycles. The SMILES string of the molecule is CC(=O)N[C@H](C)[C@H]1C(=O)N2C(C(=O)O)=C(S[C@@H]3CN[C@H](C(=O)N4CC[C@@H](NCc5cc(=O)c(O)cn5C)C4)C3)[C@H](C)[C@H]12. The molecule has 5 heterocycles. The van der Waals surface area contributed by atoms with Gasteiger partial charge in [0.15, 0.2) is 5.75 Å². The molecule has 42 heavy (non-hydrogen) atoms. The molecule has 0 bridgehead atoms. The van der Waals surface area contributed by atoms with Crippen LogP contribution < -0.4 is 21.4 Å². The number of likely N-dealkylation sites (tertiary alicyclic amines) is 1. The lowest BCUT2D eigenvalue weighted by molar-refractivity contribution is -0.158. The molecule has 3 amide bonds. The monoisotopic (exact) mass is 602 g/mol. The number of carboxylic acid groups (broad SMARTS) is 1. The van der Waals surface area contributed by atoms with Crippen LogP contribution in [0.5, 0.6) is 5.75 Å². The van der Waals surface area contributed by atoms with Crippen LogP contribution in [0.4, 0.5) is 0 Å². The number of carbonyl (C=O) groups is 4. The van der Waals surface area contributed by atoms with Crippen LogP contribution in [0, 0.1) is 11.8 Å². The Morgan fingerprint density at radius 3 is 2.69 bits per heavy atom. The number of fused-ring (bicyclic) bond motifs is 1. The fourth-order valence-corrected chi connectivity index (χ4v) is 8.18. The summed E-state index contributed by atoms with van der Waals surface area (Å²) in [5, 5.41) is 29.0. The van der Waals surface area contributed by atoms with Crippen molar-refractivity contribution in [2.45, 2.75) is 69.6 Å². The number of pyridine rings is 1. The van der Waals surface area contributed by atoms with Crippen molar-refractivity contribution in [1.29, 1.82) is 0 Å². The van der Waals surface area contributed by atoms with Gasteiger partial charge >= 0.3 is 5.97 Å². The standard InChI is InChI=1S/C28H38N6O7S/c1-13-23-22(14(2)31-15(3)35)27(39)34(23)24(28(40)41)25(13)42-18-8-19(30-10-18)26(38)33-6-5-16(11-33)29-9-17-7-20(36)21(37)12-32(17)4/h7,12-14,16,18-19,22-23,29-30,37H,5-6,8-11H2,1-4H3,(H,31,35)(H,40,41)/t13-,14-,16-,18+,19+,22-,23-/m1/s1. The van der Waals surface area contributed by atoms with Crippen LogP contribution >= 0.6 is 11.8 Å². The quantitative estimate of drug-likeness (QED) is 0.233. The van der Waals surface area contributed by atoms with E-state index in [2.05, 4.69) is 16.0 Å². The molecule has 1 aromatic heterocycles. The number of hydrogen-bond acceptors (Lipinski definition) is 9. The molecule has 5 N–H and O–H groups in total. The van der Waals surface area contributed by atoms with Gasteiger partial charge in [-0.15, -0.1) is 11.8 Å². The van der Waals surface area contributed by atoms with Crippen LogP contribution in [0.15, 0.2) is 27.7 Å². The van der Waals surface area contributed by atoms with E-state index in [-0.39, 0.29) is 58.5 Å². The van der Waals surface area contributed by atoms with Gasteiger partial charge in [0.2, 0.25) is 23.2 Å². The van der Waals surface area contributed by atoms with Crippen molar-refractivity contribution in [2.24, 2.45) is 18.9 Å². The van der Waals surface area contributed by atoms with E-state index in [1.807, 2.05) is 11.8 Å². The Kier molecular flexibility index (Phi) is 8.41. The highest BCUT2D eigenvalue weighted by Crippen LogP contribution is 2.51. The van der Waals surface area contributed by atoms with Crippen LogP contribution in [0.2, 0.25) is 0 Å². The van der Waals surface area contributed by atoms with Gasteiger partial charge in [0.1, 0.15) is 5.70 Å². The Morgan fingerprint density at radius 2 is 2.00 bits per heavy atom. The number of aliphatic carboxylic acids is 1. The van der Waals surface area contributed by atoms with Crippen LogP contribution in [0.1, 0.15) is 39.3 Å². The lowest BCUT2D eigenvalue weighted by Gasteiger charge is -2.47. The highest BCUT2D eigenvalue weighted by molar-refractivity contribution is 8.03. The number of rotatable bonds is 9. The van der Waals surface area contributed by atoms with Crippen molar-refractivity contribution in [3.63, 3.8) is 0 Å². The van der Waals surface area contributed by atoms with Gasteiger partial charge < -0.3 is 40.5 Å². The zero-order valence-corrected chi connectivity index (χ0v) is 24.9. The van der Waals surface area contributed by atoms with Crippen molar-refractivity contribution < 1.29 is 29.4 Å². The van der Waals surface area contributed by atoms with Crippen molar-refractivity contribution in [3.8, 4) is 5.75 Å². The second kappa shape index (κ2) is 11.7. The fourth-order valence-electron chi connectivity index (χ4n) is 6.70. The van der Waals surface area contributed by atoms with E-state index in [1.165, 1.54) is 35.8 Å². The number of amides is 3. The van der Waals surface area contributed by atoms with Gasteiger partial charge in [-0.2, -0.15) is 0 Å². The smallest absolute Gasteiger partial charge is 0.353 e. The molecule has 0 aromatic carbocycles. The molecule has 4 aliphatic heterocycles. The maximum atomic E-state index is 13.3. The molecule has 0 saturated carbocycles. The van der Waals surface area contributed by atoms with Gasteiger partial charge in [0, 0.05) is 86.3 Å². The van der Waals surface area contributed by atoms with Gasteiger partial charge in [-0.25, -0.2) is 4.79 Å². The highest BCUT2D eigenvalue weighted by Gasteiger charge is 2.60. The summed E-state index contributed by atoms with van der Waals surface area (Å²) in [6, 6.07) is 0.370. The third-order valence-corrected chi connectivity index (χ3v) is 10.3. The molecule has 4 aliphatic rings. The average molecular weight is 603 g/mol. The lowest BCUT2D eigenvalue weighted by Crippen LogP contribution is -2.66. The van der Waals surface area contributed by atoms with E-state index >= 15 is 0 Å². The van der Waals surface area contributed by atoms with E-state index in [0.29, 0.717) is 37.5 Å². The van der Waals surface area contributed by atoms with Crippen molar-refractivity contribution in [2.75, 3.05) is 19.6 Å². The maximum Gasteiger partial charge on any atom is 0.353 e. The molecule has 3 saturated heterocycles. The molecule has 0 spiro atoms. The minimum atomic E-state index is -1.15. The second-order valence-corrected chi connectivity index (χ2v) is 13.1. The summed E-state index contributed by atoms with van der Waals surface area (Å²) in [6.07, 6.45) is 2.70. The van der Waals surface area contributed by atoms with Gasteiger partial charge in [0.05, 0.1) is 18.0 Å². The fraction of sp³-hybridized carbons (Fsp3) is 0.607. The summed E-state index contributed by atoms with van der Waals surface area (Å²) in [7, 11) is 1.76. The largest absolute Gasteiger partial charge is 0.503 e. The molecule has 3 fully saturated rings. The first-order chi connectivity index (χ1) is 19.9. The Balaban J connectivity index is 1.17. The number of nitrogens with zero attached hydrogens (tertiary/aromatic N) is 3. The second-order valence-electron chi connectivity index (χ2n) is 11.7. The highest BCUT2D eigenvalue weighted by atomic mass is 32.2. The molecular weight excluding hydrogens is 564 g/mol. The number of hydrogen-bond donors (Lipinski definition) is 5. The number of aryl methyl sites for hydroxylation is 1. The minimum Gasteiger partial charge on any atom is -0.503 e. The number of β-lactam (4-membered cyclic amide) rings is 1. The van der Waals surface area contributed by atoms with E-state index in [1.54, 1.807) is 18.5 Å². The normalized spacial score (nSPS) is 29.5. The van der Waals surface area contributed by atoms with E-state index in [4.69, 9.17) is 0 Å². The molecule has 0 radical (unpaired) electrons. The molecule has 228 valence electrons. The number of aromatic hydroxyl groups is 1. The van der Waals surface area contributed by atoms with Crippen LogP contribution in [0.3, 0.4) is 0 Å². The summed E-state index contributed by atoms with van der Waals surface area (Å²) in [4.78, 5) is 65.8. The predicted molar refractivity (Wildman–Crippen MR) is 154 cm³/mol. The number of carboxylic acids is 1. The van der Waals surface area contributed by atoms with Gasteiger partial charge in [-0.1, -0.05) is 6.92 Å². The topological polar surface area (TPSA) is 173 Å². The molecular formula is C28H38N6O7S. The Hall–Kier alpha value is -3.36. The summed E-state index contributed by atoms with van der Waals surface area (Å²) in [5.74, 6) is -2.64. The molecule has 13 nitrogen and oxygen atoms in total. The number of thioether (sulfide) groups is 1. The first kappa shape index (κ1) is 30.1. The number of aromatic nitrogens is 1. The van der Waals surface area contributed by atoms with Gasteiger partial charge in [-0.05, 0) is 19.8 Å². The van der Waals surface area contributed by atoms with Gasteiger partial charge in [0.25, 0.3) is 0 Å². The number of carbonyl (C=O) groups excluding carboxylic acids is 3. The Morgan fingerprint density at radius 1 is 1.26 bits per heavy atom. The van der Waals surface area contributed by atoms with E-state index in [9.17, 15) is 34.2 Å². The van der Waals surface area contributed by atoms with E-state index < -0.39 is 23.4 Å². The zero-order valence-electron chi connectivity index (χ0n) is 24.1. The predicted octanol–water partition coefficient (Wildman–Crippen LogP) is -0.457. The third-order valence-electron chi connectivity index (χ3n) is 8.83. The van der Waals surface area contributed by atoms with Crippen LogP contribution in [-0.4, -0.2) is 97.3 Å². The molecule has 14 heteroatoms. The maximum absolute atomic E-state index is 13.3. The zero-order chi connectivity index (χ0) is 30.5. The molecule has 7 atom stereocenters. The van der Waals surface area contributed by atoms with E-state index in [0.717, 1.165) is 12.1 Å². The molecule has 1 aromatic rings. The lowest BCUT2D eigenvalue weighted by atomic mass is 9.78. The first-order valence-electron chi connectivity index (χ1n) is 14.3. The molecule has 0 unspecified atom stereocenters. The van der Waals surface area contributed by atoms with Crippen LogP contribution in [0.25, 0.3) is 0 Å². The first-order valence-corrected chi connectivity index (χ1v) is 15.1. The van der Waals surface area contributed by atoms with Crippen molar-refractivity contribution >= 4 is 35.5 Å².